The number of morpholine rings is 1. The molecule has 32 heavy (non-hydrogen) atoms. The second kappa shape index (κ2) is 11.7. The van der Waals surface area contributed by atoms with E-state index in [-0.39, 0.29) is 11.9 Å². The molecule has 0 spiro atoms. The van der Waals surface area contributed by atoms with Gasteiger partial charge >= 0.3 is 0 Å². The summed E-state index contributed by atoms with van der Waals surface area (Å²) in [7, 11) is 0. The summed E-state index contributed by atoms with van der Waals surface area (Å²) in [5.74, 6) is 1.10. The molecule has 2 aliphatic heterocycles. The van der Waals surface area contributed by atoms with Gasteiger partial charge < -0.3 is 14.8 Å². The first-order valence-corrected chi connectivity index (χ1v) is 12.7. The molecule has 0 radical (unpaired) electrons. The normalized spacial score (nSPS) is 20.2. The van der Waals surface area contributed by atoms with Gasteiger partial charge in [-0.05, 0) is 42.3 Å². The smallest absolute Gasteiger partial charge is 0.251 e. The van der Waals surface area contributed by atoms with Crippen LogP contribution in [0.3, 0.4) is 0 Å². The lowest BCUT2D eigenvalue weighted by Crippen LogP contribution is -2.52. The summed E-state index contributed by atoms with van der Waals surface area (Å²) in [5.41, 5.74) is 1.73. The standard InChI is InChI=1S/C24H28Cl2N2O3S/c25-20-4-5-21(26)23(13-20)32-16-17-2-1-3-18(12-17)24(29)27-14-22(19-6-9-31-15-19)28-7-10-30-11-8-28/h1-5,12-13,19,22H,6-11,14-16H2,(H,27,29). The van der Waals surface area contributed by atoms with Gasteiger partial charge in [-0.2, -0.15) is 0 Å². The Morgan fingerprint density at radius 3 is 2.75 bits per heavy atom. The number of hydrogen-bond acceptors (Lipinski definition) is 5. The number of ether oxygens (including phenoxy) is 2. The highest BCUT2D eigenvalue weighted by molar-refractivity contribution is 7.98. The zero-order chi connectivity index (χ0) is 22.3. The first-order chi connectivity index (χ1) is 15.6. The van der Waals surface area contributed by atoms with E-state index >= 15 is 0 Å². The number of halogens is 2. The Labute approximate surface area is 203 Å². The van der Waals surface area contributed by atoms with Crippen molar-refractivity contribution in [1.82, 2.24) is 10.2 Å². The van der Waals surface area contributed by atoms with E-state index in [1.165, 1.54) is 0 Å². The van der Waals surface area contributed by atoms with E-state index in [4.69, 9.17) is 32.7 Å². The van der Waals surface area contributed by atoms with Crippen LogP contribution in [-0.2, 0) is 15.2 Å². The fourth-order valence-electron chi connectivity index (χ4n) is 4.21. The van der Waals surface area contributed by atoms with Gasteiger partial charge in [-0.15, -0.1) is 11.8 Å². The van der Waals surface area contributed by atoms with Crippen LogP contribution in [-0.4, -0.2) is 62.9 Å². The number of carbonyl (C=O) groups excluding carboxylic acids is 1. The molecule has 0 bridgehead atoms. The Balaban J connectivity index is 1.36. The third kappa shape index (κ3) is 6.40. The molecular formula is C24H28Cl2N2O3S. The second-order valence-corrected chi connectivity index (χ2v) is 9.97. The van der Waals surface area contributed by atoms with E-state index in [0.717, 1.165) is 56.4 Å². The van der Waals surface area contributed by atoms with Gasteiger partial charge in [0.2, 0.25) is 0 Å². The van der Waals surface area contributed by atoms with Crippen molar-refractivity contribution in [3.63, 3.8) is 0 Å². The molecule has 1 amide bonds. The van der Waals surface area contributed by atoms with Crippen LogP contribution in [0, 0.1) is 5.92 Å². The predicted octanol–water partition coefficient (Wildman–Crippen LogP) is 4.75. The minimum absolute atomic E-state index is 0.0465. The van der Waals surface area contributed by atoms with E-state index in [1.807, 2.05) is 30.3 Å². The van der Waals surface area contributed by atoms with Gasteiger partial charge in [0, 0.05) is 59.4 Å². The molecule has 4 rings (SSSR count). The lowest BCUT2D eigenvalue weighted by Gasteiger charge is -2.37. The van der Waals surface area contributed by atoms with Crippen molar-refractivity contribution in [2.75, 3.05) is 46.1 Å². The fraction of sp³-hybridized carbons (Fsp3) is 0.458. The van der Waals surface area contributed by atoms with Crippen LogP contribution in [0.25, 0.3) is 0 Å². The zero-order valence-corrected chi connectivity index (χ0v) is 20.2. The molecule has 2 aliphatic rings. The van der Waals surface area contributed by atoms with Gasteiger partial charge in [0.05, 0.1) is 24.8 Å². The van der Waals surface area contributed by atoms with Crippen molar-refractivity contribution in [3.05, 3.63) is 63.6 Å². The third-order valence-corrected chi connectivity index (χ3v) is 7.78. The average molecular weight is 495 g/mol. The van der Waals surface area contributed by atoms with Crippen LogP contribution in [0.1, 0.15) is 22.3 Å². The molecule has 2 saturated heterocycles. The monoisotopic (exact) mass is 494 g/mol. The first-order valence-electron chi connectivity index (χ1n) is 10.9. The Morgan fingerprint density at radius 1 is 1.12 bits per heavy atom. The maximum absolute atomic E-state index is 12.9. The summed E-state index contributed by atoms with van der Waals surface area (Å²) in [6.45, 7) is 5.46. The van der Waals surface area contributed by atoms with Gasteiger partial charge in [-0.3, -0.25) is 9.69 Å². The summed E-state index contributed by atoms with van der Waals surface area (Å²) < 4.78 is 11.1. The molecule has 5 nitrogen and oxygen atoms in total. The van der Waals surface area contributed by atoms with Crippen molar-refractivity contribution in [3.8, 4) is 0 Å². The molecular weight excluding hydrogens is 467 g/mol. The summed E-state index contributed by atoms with van der Waals surface area (Å²) in [5, 5.41) is 4.51. The molecule has 2 fully saturated rings. The van der Waals surface area contributed by atoms with Crippen LogP contribution in [0.15, 0.2) is 47.4 Å². The first kappa shape index (κ1) is 23.9. The predicted molar refractivity (Wildman–Crippen MR) is 130 cm³/mol. The Kier molecular flexibility index (Phi) is 8.75. The van der Waals surface area contributed by atoms with Crippen molar-refractivity contribution in [2.24, 2.45) is 5.92 Å². The minimum atomic E-state index is -0.0465. The topological polar surface area (TPSA) is 50.8 Å². The molecule has 2 aromatic carbocycles. The molecule has 2 heterocycles. The molecule has 8 heteroatoms. The SMILES string of the molecule is O=C(NCC(C1CCOC1)N1CCOCC1)c1cccc(CSc2cc(Cl)ccc2Cl)c1. The number of nitrogens with one attached hydrogen (secondary N) is 1. The highest BCUT2D eigenvalue weighted by Crippen LogP contribution is 2.32. The Bertz CT molecular complexity index is 918. The summed E-state index contributed by atoms with van der Waals surface area (Å²) >= 11 is 14.0. The lowest BCUT2D eigenvalue weighted by atomic mass is 9.96. The highest BCUT2D eigenvalue weighted by atomic mass is 35.5. The average Bonchev–Trinajstić information content (AvgIpc) is 3.35. The van der Waals surface area contributed by atoms with Gasteiger partial charge in [0.25, 0.3) is 5.91 Å². The third-order valence-electron chi connectivity index (χ3n) is 5.97. The summed E-state index contributed by atoms with van der Waals surface area (Å²) in [6.07, 6.45) is 1.04. The van der Waals surface area contributed by atoms with Crippen LogP contribution in [0.5, 0.6) is 0 Å². The highest BCUT2D eigenvalue weighted by Gasteiger charge is 2.31. The van der Waals surface area contributed by atoms with Crippen LogP contribution < -0.4 is 5.32 Å². The number of amides is 1. The Morgan fingerprint density at radius 2 is 1.97 bits per heavy atom. The maximum Gasteiger partial charge on any atom is 0.251 e. The van der Waals surface area contributed by atoms with Crippen molar-refractivity contribution >= 4 is 40.9 Å². The van der Waals surface area contributed by atoms with E-state index in [2.05, 4.69) is 10.2 Å². The van der Waals surface area contributed by atoms with Crippen molar-refractivity contribution in [2.45, 2.75) is 23.1 Å². The summed E-state index contributed by atoms with van der Waals surface area (Å²) in [4.78, 5) is 16.3. The van der Waals surface area contributed by atoms with Crippen LogP contribution >= 0.6 is 35.0 Å². The number of carbonyl (C=O) groups is 1. The van der Waals surface area contributed by atoms with Gasteiger partial charge in [0.15, 0.2) is 0 Å². The number of hydrogen-bond donors (Lipinski definition) is 1. The molecule has 172 valence electrons. The molecule has 0 saturated carbocycles. The largest absolute Gasteiger partial charge is 0.381 e. The van der Waals surface area contributed by atoms with E-state index in [0.29, 0.717) is 33.8 Å². The Hall–Kier alpha value is -1.28. The second-order valence-electron chi connectivity index (χ2n) is 8.11. The summed E-state index contributed by atoms with van der Waals surface area (Å²) in [6, 6.07) is 13.5. The van der Waals surface area contributed by atoms with Gasteiger partial charge in [-0.1, -0.05) is 35.3 Å². The number of benzene rings is 2. The molecule has 0 aromatic heterocycles. The molecule has 2 unspecified atom stereocenters. The van der Waals surface area contributed by atoms with E-state index in [1.54, 1.807) is 23.9 Å². The van der Waals surface area contributed by atoms with Crippen molar-refractivity contribution in [1.29, 1.82) is 0 Å². The van der Waals surface area contributed by atoms with Gasteiger partial charge in [0.1, 0.15) is 0 Å². The number of nitrogens with zero attached hydrogens (tertiary/aromatic N) is 1. The lowest BCUT2D eigenvalue weighted by molar-refractivity contribution is 0.00166. The fourth-order valence-corrected chi connectivity index (χ4v) is 5.65. The number of thioether (sulfide) groups is 1. The molecule has 2 atom stereocenters. The van der Waals surface area contributed by atoms with E-state index < -0.39 is 0 Å². The zero-order valence-electron chi connectivity index (χ0n) is 17.9. The number of rotatable bonds is 8. The van der Waals surface area contributed by atoms with Crippen LogP contribution in [0.4, 0.5) is 0 Å². The quantitative estimate of drug-likeness (QED) is 0.536. The molecule has 1 N–H and O–H groups in total. The minimum Gasteiger partial charge on any atom is -0.381 e. The van der Waals surface area contributed by atoms with E-state index in [9.17, 15) is 4.79 Å². The maximum atomic E-state index is 12.9. The molecule has 0 aliphatic carbocycles. The van der Waals surface area contributed by atoms with Crippen LogP contribution in [0.2, 0.25) is 10.0 Å². The van der Waals surface area contributed by atoms with Crippen molar-refractivity contribution < 1.29 is 14.3 Å². The molecule has 2 aromatic rings. The van der Waals surface area contributed by atoms with Gasteiger partial charge in [-0.25, -0.2) is 0 Å².